The van der Waals surface area contributed by atoms with Crippen molar-refractivity contribution in [1.29, 1.82) is 0 Å². The van der Waals surface area contributed by atoms with Crippen LogP contribution in [-0.4, -0.2) is 5.38 Å². The third kappa shape index (κ3) is 3.44. The van der Waals surface area contributed by atoms with E-state index in [0.29, 0.717) is 12.3 Å². The molecule has 18 heavy (non-hydrogen) atoms. The molecule has 0 aliphatic heterocycles. The second kappa shape index (κ2) is 6.51. The zero-order valence-corrected chi connectivity index (χ0v) is 11.2. The minimum absolute atomic E-state index is 0.141. The van der Waals surface area contributed by atoms with E-state index in [2.05, 4.69) is 0 Å². The highest BCUT2D eigenvalue weighted by Crippen LogP contribution is 2.31. The van der Waals surface area contributed by atoms with Crippen LogP contribution in [0, 0.1) is 17.6 Å². The zero-order valence-electron chi connectivity index (χ0n) is 10.5. The monoisotopic (exact) mass is 272 g/mol. The summed E-state index contributed by atoms with van der Waals surface area (Å²) in [6.45, 7) is 0. The Balaban J connectivity index is 2.03. The van der Waals surface area contributed by atoms with E-state index in [4.69, 9.17) is 11.6 Å². The molecule has 1 saturated carbocycles. The van der Waals surface area contributed by atoms with E-state index in [1.54, 1.807) is 0 Å². The summed E-state index contributed by atoms with van der Waals surface area (Å²) in [5.41, 5.74) is 0.141. The van der Waals surface area contributed by atoms with Gasteiger partial charge in [-0.25, -0.2) is 8.78 Å². The van der Waals surface area contributed by atoms with Crippen molar-refractivity contribution in [3.63, 3.8) is 0 Å². The molecule has 0 nitrogen and oxygen atoms in total. The molecule has 0 saturated heterocycles. The lowest BCUT2D eigenvalue weighted by atomic mass is 9.92. The number of hydrogen-bond donors (Lipinski definition) is 0. The van der Waals surface area contributed by atoms with Crippen LogP contribution in [0.2, 0.25) is 0 Å². The Bertz CT molecular complexity index is 364. The van der Waals surface area contributed by atoms with E-state index in [-0.39, 0.29) is 10.9 Å². The molecule has 1 atom stereocenters. The van der Waals surface area contributed by atoms with Crippen LogP contribution in [0.1, 0.15) is 44.1 Å². The van der Waals surface area contributed by atoms with Gasteiger partial charge in [-0.05, 0) is 37.3 Å². The third-order valence-electron chi connectivity index (χ3n) is 3.87. The van der Waals surface area contributed by atoms with Crippen molar-refractivity contribution in [2.24, 2.45) is 5.92 Å². The Labute approximate surface area is 112 Å². The van der Waals surface area contributed by atoms with Crippen LogP contribution in [-0.2, 0) is 6.42 Å². The fourth-order valence-electron chi connectivity index (χ4n) is 2.76. The number of benzene rings is 1. The molecule has 0 bridgehead atoms. The Hall–Kier alpha value is -0.630. The molecule has 1 unspecified atom stereocenters. The lowest BCUT2D eigenvalue weighted by Gasteiger charge is -2.20. The summed E-state index contributed by atoms with van der Waals surface area (Å²) in [6, 6.07) is 3.99. The summed E-state index contributed by atoms with van der Waals surface area (Å²) in [5, 5.41) is -0.158. The van der Waals surface area contributed by atoms with Crippen LogP contribution in [0.5, 0.6) is 0 Å². The number of hydrogen-bond acceptors (Lipinski definition) is 0. The molecule has 1 aromatic carbocycles. The third-order valence-corrected chi connectivity index (χ3v) is 4.38. The van der Waals surface area contributed by atoms with E-state index >= 15 is 0 Å². The van der Waals surface area contributed by atoms with Gasteiger partial charge in [0, 0.05) is 10.9 Å². The van der Waals surface area contributed by atoms with Gasteiger partial charge in [0.15, 0.2) is 0 Å². The van der Waals surface area contributed by atoms with E-state index in [1.165, 1.54) is 43.9 Å². The fourth-order valence-corrected chi connectivity index (χ4v) is 3.17. The van der Waals surface area contributed by atoms with Gasteiger partial charge in [-0.3, -0.25) is 0 Å². The molecule has 2 rings (SSSR count). The predicted octanol–water partition coefficient (Wildman–Crippen LogP) is 5.09. The number of halogens is 3. The second-order valence-electron chi connectivity index (χ2n) is 5.17. The van der Waals surface area contributed by atoms with Crippen LogP contribution >= 0.6 is 11.6 Å². The largest absolute Gasteiger partial charge is 0.207 e. The summed E-state index contributed by atoms with van der Waals surface area (Å²) < 4.78 is 27.1. The van der Waals surface area contributed by atoms with Crippen molar-refractivity contribution >= 4 is 11.6 Å². The maximum absolute atomic E-state index is 13.6. The minimum atomic E-state index is -0.478. The number of rotatable bonds is 3. The lowest BCUT2D eigenvalue weighted by Crippen LogP contribution is -2.18. The van der Waals surface area contributed by atoms with Crippen LogP contribution in [0.4, 0.5) is 8.78 Å². The molecule has 0 heterocycles. The van der Waals surface area contributed by atoms with Crippen molar-refractivity contribution in [3.8, 4) is 0 Å². The van der Waals surface area contributed by atoms with E-state index in [0.717, 1.165) is 12.8 Å². The first-order valence-electron chi connectivity index (χ1n) is 6.75. The molecule has 0 aromatic heterocycles. The Kier molecular flexibility index (Phi) is 4.99. The molecular formula is C15H19ClF2. The fraction of sp³-hybridized carbons (Fsp3) is 0.600. The molecule has 100 valence electrons. The van der Waals surface area contributed by atoms with Crippen molar-refractivity contribution in [2.45, 2.75) is 50.3 Å². The first-order chi connectivity index (χ1) is 8.68. The van der Waals surface area contributed by atoms with E-state index < -0.39 is 11.6 Å². The van der Waals surface area contributed by atoms with Crippen molar-refractivity contribution in [3.05, 3.63) is 35.4 Å². The topological polar surface area (TPSA) is 0 Å². The summed E-state index contributed by atoms with van der Waals surface area (Å²) >= 11 is 6.38. The highest BCUT2D eigenvalue weighted by molar-refractivity contribution is 6.20. The van der Waals surface area contributed by atoms with Gasteiger partial charge in [0.05, 0.1) is 0 Å². The maximum Gasteiger partial charge on any atom is 0.129 e. The molecule has 1 aliphatic rings. The minimum Gasteiger partial charge on any atom is -0.207 e. The van der Waals surface area contributed by atoms with Gasteiger partial charge < -0.3 is 0 Å². The predicted molar refractivity (Wildman–Crippen MR) is 70.9 cm³/mol. The van der Waals surface area contributed by atoms with Gasteiger partial charge >= 0.3 is 0 Å². The molecule has 1 aromatic rings. The second-order valence-corrected chi connectivity index (χ2v) is 5.73. The Morgan fingerprint density at radius 1 is 1.06 bits per heavy atom. The first-order valence-corrected chi connectivity index (χ1v) is 7.19. The average Bonchev–Trinajstić information content (AvgIpc) is 2.62. The quantitative estimate of drug-likeness (QED) is 0.531. The van der Waals surface area contributed by atoms with E-state index in [1.807, 2.05) is 0 Å². The first kappa shape index (κ1) is 13.8. The summed E-state index contributed by atoms with van der Waals surface area (Å²) in [4.78, 5) is 0. The molecule has 1 aliphatic carbocycles. The van der Waals surface area contributed by atoms with E-state index in [9.17, 15) is 8.78 Å². The van der Waals surface area contributed by atoms with Gasteiger partial charge in [-0.15, -0.1) is 11.6 Å². The van der Waals surface area contributed by atoms with Crippen molar-refractivity contribution in [1.82, 2.24) is 0 Å². The normalized spacial score (nSPS) is 19.5. The molecule has 3 heteroatoms. The lowest BCUT2D eigenvalue weighted by molar-refractivity contribution is 0.426. The molecule has 0 amide bonds. The average molecular weight is 273 g/mol. The molecular weight excluding hydrogens is 254 g/mol. The van der Waals surface area contributed by atoms with Gasteiger partial charge in [-0.1, -0.05) is 31.7 Å². The summed E-state index contributed by atoms with van der Waals surface area (Å²) in [7, 11) is 0. The van der Waals surface area contributed by atoms with Crippen LogP contribution in [0.25, 0.3) is 0 Å². The maximum atomic E-state index is 13.6. The van der Waals surface area contributed by atoms with Gasteiger partial charge in [0.25, 0.3) is 0 Å². The summed E-state index contributed by atoms with van der Waals surface area (Å²) in [5.74, 6) is -0.559. The Morgan fingerprint density at radius 3 is 2.17 bits per heavy atom. The molecule has 0 radical (unpaired) electrons. The highest BCUT2D eigenvalue weighted by Gasteiger charge is 2.23. The Morgan fingerprint density at radius 2 is 1.61 bits per heavy atom. The van der Waals surface area contributed by atoms with Crippen LogP contribution in [0.15, 0.2) is 18.2 Å². The number of alkyl halides is 1. The zero-order chi connectivity index (χ0) is 13.0. The van der Waals surface area contributed by atoms with Crippen molar-refractivity contribution in [2.75, 3.05) is 0 Å². The smallest absolute Gasteiger partial charge is 0.129 e. The summed E-state index contributed by atoms with van der Waals surface area (Å²) in [6.07, 6.45) is 7.36. The molecule has 0 N–H and O–H groups in total. The molecule has 1 fully saturated rings. The molecule has 0 spiro atoms. The highest BCUT2D eigenvalue weighted by atomic mass is 35.5. The van der Waals surface area contributed by atoms with Crippen molar-refractivity contribution < 1.29 is 8.78 Å². The van der Waals surface area contributed by atoms with Crippen LogP contribution < -0.4 is 0 Å². The van der Waals surface area contributed by atoms with Gasteiger partial charge in [-0.2, -0.15) is 0 Å². The van der Waals surface area contributed by atoms with Gasteiger partial charge in [0.2, 0.25) is 0 Å². The standard InChI is InChI=1S/C15H19ClF2/c16-13(11-6-3-1-2-4-7-11)10-12-14(17)8-5-9-15(12)18/h5,8-9,11,13H,1-4,6-7,10H2. The SMILES string of the molecule is Fc1cccc(F)c1CC(Cl)C1CCCCCC1. The van der Waals surface area contributed by atoms with Crippen LogP contribution in [0.3, 0.4) is 0 Å². The van der Waals surface area contributed by atoms with Gasteiger partial charge in [0.1, 0.15) is 11.6 Å².